The Kier molecular flexibility index (Phi) is 6.27. The van der Waals surface area contributed by atoms with Gasteiger partial charge in [-0.15, -0.1) is 0 Å². The standard InChI is InChI=1S/C19H16Cl2N2O2S/c20-15-7-6-14(10-16(15)21)12-22-17(11-13-4-2-1-3-5-13)18-8-9-19(26-18)23(24)25/h1-10,17,22H,11-12H2. The Morgan fingerprint density at radius 3 is 2.42 bits per heavy atom. The average molecular weight is 407 g/mol. The van der Waals surface area contributed by atoms with E-state index >= 15 is 0 Å². The van der Waals surface area contributed by atoms with Gasteiger partial charge in [0.25, 0.3) is 0 Å². The van der Waals surface area contributed by atoms with Crippen LogP contribution in [0.15, 0.2) is 60.7 Å². The van der Waals surface area contributed by atoms with Crippen LogP contribution in [-0.4, -0.2) is 4.92 Å². The molecule has 7 heteroatoms. The van der Waals surface area contributed by atoms with Gasteiger partial charge in [-0.25, -0.2) is 0 Å². The highest BCUT2D eigenvalue weighted by Gasteiger charge is 2.18. The van der Waals surface area contributed by atoms with E-state index in [-0.39, 0.29) is 16.0 Å². The monoisotopic (exact) mass is 406 g/mol. The summed E-state index contributed by atoms with van der Waals surface area (Å²) in [7, 11) is 0. The van der Waals surface area contributed by atoms with E-state index in [1.165, 1.54) is 11.3 Å². The van der Waals surface area contributed by atoms with Gasteiger partial charge < -0.3 is 5.32 Å². The van der Waals surface area contributed by atoms with E-state index in [1.54, 1.807) is 12.1 Å². The molecule has 1 aromatic heterocycles. The first-order valence-electron chi connectivity index (χ1n) is 7.98. The summed E-state index contributed by atoms with van der Waals surface area (Å²) in [5, 5.41) is 15.7. The fraction of sp³-hybridized carbons (Fsp3) is 0.158. The van der Waals surface area contributed by atoms with Crippen molar-refractivity contribution in [3.8, 4) is 0 Å². The third-order valence-corrected chi connectivity index (χ3v) is 5.84. The number of hydrogen-bond donors (Lipinski definition) is 1. The van der Waals surface area contributed by atoms with Gasteiger partial charge in [0.15, 0.2) is 0 Å². The van der Waals surface area contributed by atoms with Crippen LogP contribution < -0.4 is 5.32 Å². The Hall–Kier alpha value is -1.92. The molecule has 26 heavy (non-hydrogen) atoms. The Morgan fingerprint density at radius 2 is 1.77 bits per heavy atom. The zero-order chi connectivity index (χ0) is 18.5. The number of rotatable bonds is 7. The van der Waals surface area contributed by atoms with Crippen LogP contribution in [0.1, 0.15) is 22.0 Å². The third kappa shape index (κ3) is 4.83. The maximum atomic E-state index is 11.0. The third-order valence-electron chi connectivity index (χ3n) is 3.96. The zero-order valence-corrected chi connectivity index (χ0v) is 16.0. The molecule has 0 fully saturated rings. The van der Waals surface area contributed by atoms with Gasteiger partial charge in [-0.2, -0.15) is 0 Å². The molecule has 1 unspecified atom stereocenters. The van der Waals surface area contributed by atoms with E-state index in [2.05, 4.69) is 17.4 Å². The summed E-state index contributed by atoms with van der Waals surface area (Å²) < 4.78 is 0. The number of nitrogens with zero attached hydrogens (tertiary/aromatic N) is 1. The first kappa shape index (κ1) is 18.9. The molecule has 3 aromatic rings. The van der Waals surface area contributed by atoms with Gasteiger partial charge in [0.1, 0.15) is 0 Å². The summed E-state index contributed by atoms with van der Waals surface area (Å²) in [6.07, 6.45) is 0.736. The van der Waals surface area contributed by atoms with Crippen LogP contribution in [0.2, 0.25) is 10.0 Å². The molecule has 0 amide bonds. The fourth-order valence-electron chi connectivity index (χ4n) is 2.64. The summed E-state index contributed by atoms with van der Waals surface area (Å²) >= 11 is 13.2. The summed E-state index contributed by atoms with van der Waals surface area (Å²) in [4.78, 5) is 11.6. The smallest absolute Gasteiger partial charge is 0.305 e. The van der Waals surface area contributed by atoms with E-state index in [0.29, 0.717) is 16.6 Å². The fourth-order valence-corrected chi connectivity index (χ4v) is 3.86. The van der Waals surface area contributed by atoms with Crippen molar-refractivity contribution in [2.45, 2.75) is 19.0 Å². The van der Waals surface area contributed by atoms with E-state index in [1.807, 2.05) is 36.4 Å². The SMILES string of the molecule is O=[N+]([O-])c1ccc(C(Cc2ccccc2)NCc2ccc(Cl)c(Cl)c2)s1. The minimum absolute atomic E-state index is 0.0365. The molecule has 0 saturated carbocycles. The normalized spacial score (nSPS) is 12.1. The number of halogens is 2. The first-order valence-corrected chi connectivity index (χ1v) is 9.55. The van der Waals surface area contributed by atoms with E-state index < -0.39 is 0 Å². The molecular formula is C19H16Cl2N2O2S. The minimum atomic E-state index is -0.354. The number of nitrogens with one attached hydrogen (secondary N) is 1. The molecule has 0 aliphatic rings. The summed E-state index contributed by atoms with van der Waals surface area (Å²) in [6.45, 7) is 0.583. The minimum Gasteiger partial charge on any atom is -0.305 e. The predicted molar refractivity (Wildman–Crippen MR) is 107 cm³/mol. The largest absolute Gasteiger partial charge is 0.324 e. The molecule has 0 radical (unpaired) electrons. The van der Waals surface area contributed by atoms with Crippen LogP contribution >= 0.6 is 34.5 Å². The average Bonchev–Trinajstić information content (AvgIpc) is 3.13. The molecule has 2 aromatic carbocycles. The van der Waals surface area contributed by atoms with E-state index in [4.69, 9.17) is 23.2 Å². The summed E-state index contributed by atoms with van der Waals surface area (Å²) in [5.74, 6) is 0. The molecular weight excluding hydrogens is 391 g/mol. The molecule has 0 saturated heterocycles. The Bertz CT molecular complexity index is 900. The van der Waals surface area contributed by atoms with Gasteiger partial charge in [0.05, 0.1) is 15.0 Å². The van der Waals surface area contributed by atoms with Crippen LogP contribution in [0.5, 0.6) is 0 Å². The van der Waals surface area contributed by atoms with E-state index in [9.17, 15) is 10.1 Å². The van der Waals surface area contributed by atoms with Gasteiger partial charge in [-0.3, -0.25) is 10.1 Å². The van der Waals surface area contributed by atoms with Crippen LogP contribution in [0.3, 0.4) is 0 Å². The van der Waals surface area contributed by atoms with Crippen molar-refractivity contribution in [2.75, 3.05) is 0 Å². The zero-order valence-electron chi connectivity index (χ0n) is 13.7. The lowest BCUT2D eigenvalue weighted by atomic mass is 10.0. The van der Waals surface area contributed by atoms with Crippen molar-refractivity contribution in [1.82, 2.24) is 5.32 Å². The van der Waals surface area contributed by atoms with Crippen molar-refractivity contribution in [1.29, 1.82) is 0 Å². The molecule has 1 heterocycles. The van der Waals surface area contributed by atoms with Crippen LogP contribution in [0, 0.1) is 10.1 Å². The maximum absolute atomic E-state index is 11.0. The number of benzene rings is 2. The molecule has 1 N–H and O–H groups in total. The molecule has 134 valence electrons. The predicted octanol–water partition coefficient (Wildman–Crippen LogP) is 6.04. The van der Waals surface area contributed by atoms with Gasteiger partial charge >= 0.3 is 5.00 Å². The molecule has 4 nitrogen and oxygen atoms in total. The lowest BCUT2D eigenvalue weighted by Crippen LogP contribution is -2.22. The van der Waals surface area contributed by atoms with Crippen molar-refractivity contribution in [2.24, 2.45) is 0 Å². The van der Waals surface area contributed by atoms with E-state index in [0.717, 1.165) is 22.4 Å². The highest BCUT2D eigenvalue weighted by molar-refractivity contribution is 7.15. The lowest BCUT2D eigenvalue weighted by molar-refractivity contribution is -0.380. The topological polar surface area (TPSA) is 55.2 Å². The number of nitro groups is 1. The van der Waals surface area contributed by atoms with Gasteiger partial charge in [-0.05, 0) is 35.7 Å². The summed E-state index contributed by atoms with van der Waals surface area (Å²) in [6, 6.07) is 18.9. The second-order valence-electron chi connectivity index (χ2n) is 5.80. The molecule has 0 bridgehead atoms. The van der Waals surface area contributed by atoms with Gasteiger partial charge in [0.2, 0.25) is 0 Å². The number of thiophene rings is 1. The molecule has 1 atom stereocenters. The van der Waals surface area contributed by atoms with Crippen molar-refractivity contribution >= 4 is 39.5 Å². The molecule has 0 spiro atoms. The van der Waals surface area contributed by atoms with Crippen molar-refractivity contribution in [3.05, 3.63) is 96.8 Å². The van der Waals surface area contributed by atoms with Crippen LogP contribution in [-0.2, 0) is 13.0 Å². The number of hydrogen-bond acceptors (Lipinski definition) is 4. The first-order chi connectivity index (χ1) is 12.5. The molecule has 0 aliphatic heterocycles. The highest BCUT2D eigenvalue weighted by atomic mass is 35.5. The second kappa shape index (κ2) is 8.64. The highest BCUT2D eigenvalue weighted by Crippen LogP contribution is 2.31. The lowest BCUT2D eigenvalue weighted by Gasteiger charge is -2.18. The van der Waals surface area contributed by atoms with Crippen LogP contribution in [0.4, 0.5) is 5.00 Å². The Labute approximate surface area is 165 Å². The maximum Gasteiger partial charge on any atom is 0.324 e. The molecule has 0 aliphatic carbocycles. The molecule has 3 rings (SSSR count). The quantitative estimate of drug-likeness (QED) is 0.384. The van der Waals surface area contributed by atoms with Gasteiger partial charge in [-0.1, -0.05) is 70.9 Å². The van der Waals surface area contributed by atoms with Crippen molar-refractivity contribution < 1.29 is 4.92 Å². The van der Waals surface area contributed by atoms with Crippen molar-refractivity contribution in [3.63, 3.8) is 0 Å². The summed E-state index contributed by atoms with van der Waals surface area (Å²) in [5.41, 5.74) is 2.17. The van der Waals surface area contributed by atoms with Gasteiger partial charge in [0, 0.05) is 23.5 Å². The second-order valence-corrected chi connectivity index (χ2v) is 7.71. The Morgan fingerprint density at radius 1 is 1.00 bits per heavy atom. The Balaban J connectivity index is 1.79. The van der Waals surface area contributed by atoms with Crippen LogP contribution in [0.25, 0.3) is 0 Å².